The van der Waals surface area contributed by atoms with E-state index >= 15 is 0 Å². The summed E-state index contributed by atoms with van der Waals surface area (Å²) in [5.74, 6) is -0.397. The summed E-state index contributed by atoms with van der Waals surface area (Å²) < 4.78 is 19.1. The second kappa shape index (κ2) is 8.76. The Morgan fingerprint density at radius 3 is 2.47 bits per heavy atom. The van der Waals surface area contributed by atoms with Gasteiger partial charge in [0.25, 0.3) is 5.91 Å². The van der Waals surface area contributed by atoms with Crippen LogP contribution >= 0.6 is 11.6 Å². The normalized spacial score (nSPS) is 11.2. The van der Waals surface area contributed by atoms with Gasteiger partial charge in [0.05, 0.1) is 10.7 Å². The van der Waals surface area contributed by atoms with Crippen molar-refractivity contribution in [3.63, 3.8) is 0 Å². The first-order chi connectivity index (χ1) is 16.4. The van der Waals surface area contributed by atoms with Gasteiger partial charge in [-0.15, -0.1) is 10.2 Å². The molecule has 0 saturated heterocycles. The number of halogens is 2. The maximum atomic E-state index is 13.4. The fourth-order valence-corrected chi connectivity index (χ4v) is 3.81. The van der Waals surface area contributed by atoms with E-state index in [1.54, 1.807) is 29.1 Å². The smallest absolute Gasteiger partial charge is 0.291 e. The lowest BCUT2D eigenvalue weighted by Crippen LogP contribution is -2.11. The molecule has 0 aliphatic heterocycles. The third-order valence-corrected chi connectivity index (χ3v) is 5.87. The van der Waals surface area contributed by atoms with Crippen LogP contribution in [-0.4, -0.2) is 20.9 Å². The molecule has 0 unspecified atom stereocenters. The molecule has 8 heteroatoms. The van der Waals surface area contributed by atoms with Crippen LogP contribution in [0.25, 0.3) is 28.0 Å². The van der Waals surface area contributed by atoms with Crippen molar-refractivity contribution < 1.29 is 13.6 Å². The molecule has 0 spiro atoms. The Hall–Kier alpha value is -3.97. The summed E-state index contributed by atoms with van der Waals surface area (Å²) in [7, 11) is 0. The molecule has 0 saturated carbocycles. The Bertz CT molecular complexity index is 1520. The number of nitrogens with one attached hydrogen (secondary N) is 1. The van der Waals surface area contributed by atoms with Crippen LogP contribution in [0.2, 0.25) is 5.02 Å². The van der Waals surface area contributed by atoms with Crippen LogP contribution < -0.4 is 5.32 Å². The molecule has 0 aliphatic carbocycles. The minimum Gasteiger partial charge on any atom is -0.451 e. The zero-order chi connectivity index (χ0) is 23.8. The molecular weight excluding hydrogens is 455 g/mol. The van der Waals surface area contributed by atoms with Gasteiger partial charge in [0.1, 0.15) is 22.6 Å². The Balaban J connectivity index is 1.39. The molecule has 5 rings (SSSR count). The molecule has 5 aromatic rings. The summed E-state index contributed by atoms with van der Waals surface area (Å²) in [6.07, 6.45) is 0.964. The molecule has 0 atom stereocenters. The van der Waals surface area contributed by atoms with Gasteiger partial charge >= 0.3 is 0 Å². The summed E-state index contributed by atoms with van der Waals surface area (Å²) in [4.78, 5) is 14.4. The third kappa shape index (κ3) is 4.18. The van der Waals surface area contributed by atoms with Gasteiger partial charge in [-0.3, -0.25) is 4.79 Å². The minimum atomic E-state index is -0.518. The number of nitrogens with zero attached hydrogens (tertiary/aromatic N) is 3. The average Bonchev–Trinajstić information content (AvgIpc) is 3.49. The van der Waals surface area contributed by atoms with Crippen molar-refractivity contribution in [1.29, 1.82) is 0 Å². The van der Waals surface area contributed by atoms with Crippen LogP contribution in [0.4, 0.5) is 10.1 Å². The lowest BCUT2D eigenvalue weighted by molar-refractivity contribution is 0.0997. The molecule has 3 aromatic carbocycles. The monoisotopic (exact) mass is 474 g/mol. The Morgan fingerprint density at radius 2 is 1.76 bits per heavy atom. The largest absolute Gasteiger partial charge is 0.451 e. The average molecular weight is 475 g/mol. The molecule has 34 heavy (non-hydrogen) atoms. The maximum absolute atomic E-state index is 13.4. The van der Waals surface area contributed by atoms with Gasteiger partial charge in [-0.1, -0.05) is 30.7 Å². The standard InChI is InChI=1S/C26H20ClFN4O2/c1-3-16-4-7-18(8-5-16)32-30-22-12-15(2)21(14-23(22)31-32)29-26(33)25-11-10-24(34-25)17-6-9-20(28)19(27)13-17/h4-14H,3H2,1-2H3,(H,29,33). The molecule has 6 nitrogen and oxygen atoms in total. The number of hydrogen-bond acceptors (Lipinski definition) is 4. The number of amides is 1. The lowest BCUT2D eigenvalue weighted by atomic mass is 10.1. The van der Waals surface area contributed by atoms with Crippen molar-refractivity contribution in [2.24, 2.45) is 0 Å². The highest BCUT2D eigenvalue weighted by Gasteiger charge is 2.16. The number of aryl methyl sites for hydroxylation is 2. The van der Waals surface area contributed by atoms with Gasteiger partial charge in [0.2, 0.25) is 0 Å². The number of rotatable bonds is 5. The molecule has 0 radical (unpaired) electrons. The van der Waals surface area contributed by atoms with E-state index in [0.29, 0.717) is 22.5 Å². The van der Waals surface area contributed by atoms with Gasteiger partial charge in [0, 0.05) is 11.3 Å². The SMILES string of the molecule is CCc1ccc(-n2nc3cc(C)c(NC(=O)c4ccc(-c5ccc(F)c(Cl)c5)o4)cc3n2)cc1. The lowest BCUT2D eigenvalue weighted by Gasteiger charge is -2.06. The maximum Gasteiger partial charge on any atom is 0.291 e. The third-order valence-electron chi connectivity index (χ3n) is 5.58. The van der Waals surface area contributed by atoms with Crippen LogP contribution in [0.3, 0.4) is 0 Å². The van der Waals surface area contributed by atoms with E-state index in [4.69, 9.17) is 16.0 Å². The molecule has 2 heterocycles. The molecule has 0 fully saturated rings. The fraction of sp³-hybridized carbons (Fsp3) is 0.115. The van der Waals surface area contributed by atoms with Crippen molar-refractivity contribution in [1.82, 2.24) is 15.0 Å². The molecule has 170 valence electrons. The highest BCUT2D eigenvalue weighted by molar-refractivity contribution is 6.31. The van der Waals surface area contributed by atoms with Gasteiger partial charge in [-0.25, -0.2) is 4.39 Å². The number of furan rings is 1. The van der Waals surface area contributed by atoms with Crippen molar-refractivity contribution >= 4 is 34.2 Å². The van der Waals surface area contributed by atoms with Crippen LogP contribution in [0.5, 0.6) is 0 Å². The van der Waals surface area contributed by atoms with Crippen LogP contribution in [0.1, 0.15) is 28.6 Å². The zero-order valence-electron chi connectivity index (χ0n) is 18.5. The second-order valence-corrected chi connectivity index (χ2v) is 8.32. The van der Waals surface area contributed by atoms with Gasteiger partial charge in [-0.05, 0) is 79.1 Å². The summed E-state index contributed by atoms with van der Waals surface area (Å²) >= 11 is 5.85. The highest BCUT2D eigenvalue weighted by atomic mass is 35.5. The van der Waals surface area contributed by atoms with E-state index in [9.17, 15) is 9.18 Å². The summed E-state index contributed by atoms with van der Waals surface area (Å²) in [6, 6.07) is 19.2. The van der Waals surface area contributed by atoms with Gasteiger partial charge < -0.3 is 9.73 Å². The Kier molecular flexibility index (Phi) is 5.63. The molecule has 2 aromatic heterocycles. The Morgan fingerprint density at radius 1 is 1.03 bits per heavy atom. The minimum absolute atomic E-state index is 0.0156. The van der Waals surface area contributed by atoms with Crippen LogP contribution in [0, 0.1) is 12.7 Å². The fourth-order valence-electron chi connectivity index (χ4n) is 3.63. The van der Waals surface area contributed by atoms with Crippen molar-refractivity contribution in [3.8, 4) is 17.0 Å². The summed E-state index contributed by atoms with van der Waals surface area (Å²) in [6.45, 7) is 3.99. The van der Waals surface area contributed by atoms with E-state index in [2.05, 4.69) is 34.6 Å². The second-order valence-electron chi connectivity index (χ2n) is 7.91. The number of carbonyl (C=O) groups is 1. The van der Waals surface area contributed by atoms with Crippen LogP contribution in [0.15, 0.2) is 71.1 Å². The first-order valence-electron chi connectivity index (χ1n) is 10.7. The number of hydrogen-bond donors (Lipinski definition) is 1. The number of aromatic nitrogens is 3. The zero-order valence-corrected chi connectivity index (χ0v) is 19.2. The summed E-state index contributed by atoms with van der Waals surface area (Å²) in [5, 5.41) is 12.0. The van der Waals surface area contributed by atoms with Crippen molar-refractivity contribution in [2.75, 3.05) is 5.32 Å². The van der Waals surface area contributed by atoms with Crippen LogP contribution in [-0.2, 0) is 6.42 Å². The van der Waals surface area contributed by atoms with Gasteiger partial charge in [0.15, 0.2) is 5.76 Å². The number of fused-ring (bicyclic) bond motifs is 1. The van der Waals surface area contributed by atoms with E-state index in [1.165, 1.54) is 17.7 Å². The topological polar surface area (TPSA) is 73.0 Å². The van der Waals surface area contributed by atoms with E-state index in [-0.39, 0.29) is 10.8 Å². The summed E-state index contributed by atoms with van der Waals surface area (Å²) in [5.41, 5.74) is 5.50. The molecule has 1 N–H and O–H groups in total. The number of carbonyl (C=O) groups excluding carboxylic acids is 1. The number of benzene rings is 3. The Labute approximate surface area is 200 Å². The van der Waals surface area contributed by atoms with Gasteiger partial charge in [-0.2, -0.15) is 4.80 Å². The molecule has 1 amide bonds. The van der Waals surface area contributed by atoms with Crippen molar-refractivity contribution in [2.45, 2.75) is 20.3 Å². The molecule has 0 aliphatic rings. The quantitative estimate of drug-likeness (QED) is 0.311. The van der Waals surface area contributed by atoms with Crippen molar-refractivity contribution in [3.05, 3.63) is 94.5 Å². The van der Waals surface area contributed by atoms with E-state index in [0.717, 1.165) is 23.2 Å². The first kappa shape index (κ1) is 21.9. The molecule has 0 bridgehead atoms. The molecular formula is C26H20ClFN4O2. The van der Waals surface area contributed by atoms with E-state index in [1.807, 2.05) is 25.1 Å². The predicted molar refractivity (Wildman–Crippen MR) is 130 cm³/mol. The van der Waals surface area contributed by atoms with E-state index < -0.39 is 11.7 Å². The highest BCUT2D eigenvalue weighted by Crippen LogP contribution is 2.28. The first-order valence-corrected chi connectivity index (χ1v) is 11.1. The number of anilines is 1. The predicted octanol–water partition coefficient (Wildman–Crippen LogP) is 6.60.